The second-order valence-electron chi connectivity index (χ2n) is 23.8. The molecule has 1 aliphatic carbocycles. The van der Waals surface area contributed by atoms with Crippen LogP contribution in [0.3, 0.4) is 0 Å². The molecule has 4 amide bonds. The molecule has 0 aromatic heterocycles. The minimum Gasteiger partial charge on any atom is -0.481 e. The Kier molecular flexibility index (Phi) is 43.4. The van der Waals surface area contributed by atoms with Crippen LogP contribution in [0.25, 0.3) is 0 Å². The summed E-state index contributed by atoms with van der Waals surface area (Å²) in [6.45, 7) is 14.6. The number of unbranched alkanes of at least 4 members (excludes halogenated alkanes) is 19. The van der Waals surface area contributed by atoms with Gasteiger partial charge in [-0.15, -0.1) is 0 Å². The van der Waals surface area contributed by atoms with Gasteiger partial charge in [-0.1, -0.05) is 197 Å². The number of hydrogen-bond donors (Lipinski definition) is 7. The van der Waals surface area contributed by atoms with Gasteiger partial charge in [-0.25, -0.2) is 4.57 Å². The van der Waals surface area contributed by atoms with E-state index in [-0.39, 0.29) is 31.3 Å². The Morgan fingerprint density at radius 1 is 0.631 bits per heavy atom. The second-order valence-corrected chi connectivity index (χ2v) is 25.2. The number of hydrogen-bond acceptors (Lipinski definition) is 9. The van der Waals surface area contributed by atoms with Crippen LogP contribution in [0.1, 0.15) is 242 Å². The molecule has 0 aliphatic heterocycles. The molecular formula is C67H113N4O12P. The third-order valence-electron chi connectivity index (χ3n) is 15.6. The van der Waals surface area contributed by atoms with Crippen LogP contribution in [-0.2, 0) is 42.4 Å². The lowest BCUT2D eigenvalue weighted by Gasteiger charge is -2.32. The van der Waals surface area contributed by atoms with Crippen LogP contribution in [0.2, 0.25) is 0 Å². The molecule has 1 aliphatic rings. The maximum atomic E-state index is 13.4. The van der Waals surface area contributed by atoms with Crippen molar-refractivity contribution >= 4 is 43.4 Å². The Labute approximate surface area is 506 Å². The Bertz CT molecular complexity index is 2200. The van der Waals surface area contributed by atoms with Crippen molar-refractivity contribution in [2.75, 3.05) is 32.8 Å². The first-order chi connectivity index (χ1) is 40.1. The van der Waals surface area contributed by atoms with Crippen LogP contribution in [0.15, 0.2) is 83.1 Å². The van der Waals surface area contributed by atoms with Crippen molar-refractivity contribution in [1.29, 1.82) is 0 Å². The fraction of sp³-hybridized carbons (Fsp3) is 0.701. The molecule has 0 aromatic carbocycles. The van der Waals surface area contributed by atoms with E-state index in [4.69, 9.17) is 9.05 Å². The highest BCUT2D eigenvalue weighted by Gasteiger charge is 2.38. The number of allylic oxidation sites excluding steroid dienone is 13. The second kappa shape index (κ2) is 47.3. The van der Waals surface area contributed by atoms with Gasteiger partial charge in [0.15, 0.2) is 0 Å². The maximum Gasteiger partial charge on any atom is 0.472 e. The van der Waals surface area contributed by atoms with E-state index in [0.717, 1.165) is 76.2 Å². The molecule has 17 heteroatoms. The van der Waals surface area contributed by atoms with Crippen molar-refractivity contribution in [3.63, 3.8) is 0 Å². The number of rotatable bonds is 50. The minimum absolute atomic E-state index is 0.0895. The number of carboxylic acid groups (broad SMARTS) is 2. The quantitative estimate of drug-likeness (QED) is 0.00988. The van der Waals surface area contributed by atoms with Crippen molar-refractivity contribution in [2.45, 2.75) is 248 Å². The third kappa shape index (κ3) is 39.7. The minimum atomic E-state index is -4.90. The van der Waals surface area contributed by atoms with Crippen molar-refractivity contribution in [3.05, 3.63) is 83.1 Å². The number of carbonyl (C=O) groups is 6. The molecule has 478 valence electrons. The lowest BCUT2D eigenvalue weighted by atomic mass is 9.72. The van der Waals surface area contributed by atoms with Gasteiger partial charge in [0.1, 0.15) is 0 Å². The van der Waals surface area contributed by atoms with Gasteiger partial charge in [0.05, 0.1) is 44.2 Å². The average Bonchev–Trinajstić information content (AvgIpc) is 3.48. The standard InChI is InChI=1S/C67H113N4O12P/c1-9-11-13-15-17-19-21-23-25-26-28-30-32-34-41-57(65(76)77)56(6)49-58(66(78)79)60(42-35-33-31-29-27-24-22-20-18-16-14-12-10-2)83-84(80,81)82-47-46-68-62(73)50-70-64(75)52-71-63(74)51-69-61(72)48-54(4)39-36-38-53(3)43-44-59-55(5)40-37-45-67(59,7)8/h23-25,27,36,38-39,43-44,48,56-58,60H,9-22,26,28-35,37,40-42,45-47,49-52H2,1-8H3,(H,68,73)(H,69,72)(H,70,75)(H,71,74)(H,76,77)(H,78,79)(H,80,81)/b25-23-,27-24-,39-36+,44-43+,53-38+,54-48+/t56?,57-,58-,60?/m1/s1. The van der Waals surface area contributed by atoms with Crippen LogP contribution in [0.5, 0.6) is 0 Å². The maximum absolute atomic E-state index is 13.4. The molecule has 84 heavy (non-hydrogen) atoms. The van der Waals surface area contributed by atoms with Gasteiger partial charge in [0.2, 0.25) is 23.6 Å². The molecule has 0 saturated carbocycles. The SMILES string of the molecule is CCCCCCCC/C=C\CCCCCC[C@@H](C(=O)O)C(C)C[C@@H](C(=O)O)C(CCCCC/C=C\CCCCCCCC)OP(=O)(O)OCCNC(=O)CNC(=O)CNC(=O)CNC(=O)/C=C(C)/C=C/C=C(C)/C=C/C1=C(C)CCCC1(C)C. The third-order valence-corrected chi connectivity index (χ3v) is 16.6. The zero-order valence-corrected chi connectivity index (χ0v) is 54.0. The van der Waals surface area contributed by atoms with Gasteiger partial charge in [-0.3, -0.25) is 37.8 Å². The molecule has 0 heterocycles. The van der Waals surface area contributed by atoms with Crippen LogP contribution in [-0.4, -0.2) is 89.6 Å². The molecule has 0 saturated heterocycles. The largest absolute Gasteiger partial charge is 0.481 e. The Hall–Kier alpha value is -4.89. The Morgan fingerprint density at radius 3 is 1.63 bits per heavy atom. The molecule has 0 bridgehead atoms. The number of amides is 4. The molecule has 0 spiro atoms. The first kappa shape index (κ1) is 77.1. The van der Waals surface area contributed by atoms with Crippen LogP contribution < -0.4 is 21.3 Å². The van der Waals surface area contributed by atoms with E-state index in [1.54, 1.807) is 19.9 Å². The normalized spacial score (nSPS) is 16.2. The molecule has 5 atom stereocenters. The lowest BCUT2D eigenvalue weighted by molar-refractivity contribution is -0.150. The van der Waals surface area contributed by atoms with E-state index in [9.17, 15) is 48.4 Å². The first-order valence-electron chi connectivity index (χ1n) is 32.0. The average molecular weight is 1200 g/mol. The summed E-state index contributed by atoms with van der Waals surface area (Å²) in [7, 11) is -4.90. The molecule has 0 fully saturated rings. The lowest BCUT2D eigenvalue weighted by Crippen LogP contribution is -2.44. The van der Waals surface area contributed by atoms with Gasteiger partial charge >= 0.3 is 19.8 Å². The summed E-state index contributed by atoms with van der Waals surface area (Å²) in [5.74, 6) is -7.42. The summed E-state index contributed by atoms with van der Waals surface area (Å²) in [6, 6.07) is 0. The van der Waals surface area contributed by atoms with Crippen molar-refractivity contribution in [3.8, 4) is 0 Å². The van der Waals surface area contributed by atoms with E-state index in [0.29, 0.717) is 31.3 Å². The number of phosphoric ester groups is 1. The number of carboxylic acids is 2. The highest BCUT2D eigenvalue weighted by Crippen LogP contribution is 2.47. The van der Waals surface area contributed by atoms with Crippen LogP contribution in [0.4, 0.5) is 0 Å². The van der Waals surface area contributed by atoms with Crippen molar-refractivity contribution in [1.82, 2.24) is 21.3 Å². The summed E-state index contributed by atoms with van der Waals surface area (Å²) in [6.07, 6.45) is 47.3. The number of carbonyl (C=O) groups excluding carboxylic acids is 4. The highest BCUT2D eigenvalue weighted by atomic mass is 31.2. The van der Waals surface area contributed by atoms with Gasteiger partial charge in [0.25, 0.3) is 0 Å². The highest BCUT2D eigenvalue weighted by molar-refractivity contribution is 7.47. The summed E-state index contributed by atoms with van der Waals surface area (Å²) >= 11 is 0. The number of aliphatic carboxylic acids is 2. The van der Waals surface area contributed by atoms with E-state index in [2.05, 4.69) is 92.3 Å². The Morgan fingerprint density at radius 2 is 1.11 bits per heavy atom. The predicted molar refractivity (Wildman–Crippen MR) is 340 cm³/mol. The molecule has 1 rings (SSSR count). The van der Waals surface area contributed by atoms with E-state index >= 15 is 0 Å². The van der Waals surface area contributed by atoms with Gasteiger partial charge in [-0.2, -0.15) is 0 Å². The Balaban J connectivity index is 2.71. The predicted octanol–water partition coefficient (Wildman–Crippen LogP) is 14.8. The zero-order chi connectivity index (χ0) is 62.4. The summed E-state index contributed by atoms with van der Waals surface area (Å²) < 4.78 is 24.2. The topological polar surface area (TPSA) is 247 Å². The van der Waals surface area contributed by atoms with Crippen LogP contribution >= 0.6 is 7.82 Å². The van der Waals surface area contributed by atoms with Gasteiger partial charge < -0.3 is 36.4 Å². The summed E-state index contributed by atoms with van der Waals surface area (Å²) in [5, 5.41) is 30.5. The molecule has 7 N–H and O–H groups in total. The van der Waals surface area contributed by atoms with E-state index in [1.165, 1.54) is 94.3 Å². The molecule has 16 nitrogen and oxygen atoms in total. The van der Waals surface area contributed by atoms with E-state index < -0.39 is 86.9 Å². The number of phosphoric acid groups is 1. The molecule has 0 aromatic rings. The summed E-state index contributed by atoms with van der Waals surface area (Å²) in [4.78, 5) is 86.1. The number of nitrogens with one attached hydrogen (secondary N) is 4. The smallest absolute Gasteiger partial charge is 0.472 e. The van der Waals surface area contributed by atoms with Gasteiger partial charge in [0, 0.05) is 12.6 Å². The molecule has 0 radical (unpaired) electrons. The fourth-order valence-corrected chi connectivity index (χ4v) is 11.5. The van der Waals surface area contributed by atoms with Gasteiger partial charge in [-0.05, 0) is 133 Å². The van der Waals surface area contributed by atoms with Crippen molar-refractivity contribution in [2.24, 2.45) is 23.2 Å². The zero-order valence-electron chi connectivity index (χ0n) is 53.1. The van der Waals surface area contributed by atoms with Crippen molar-refractivity contribution < 1.29 is 57.5 Å². The molecule has 3 unspecified atom stereocenters. The van der Waals surface area contributed by atoms with Crippen LogP contribution in [0, 0.1) is 23.2 Å². The fourth-order valence-electron chi connectivity index (χ4n) is 10.5. The molecular weight excluding hydrogens is 1080 g/mol. The monoisotopic (exact) mass is 1200 g/mol. The first-order valence-corrected chi connectivity index (χ1v) is 33.5. The summed E-state index contributed by atoms with van der Waals surface area (Å²) in [5.41, 5.74) is 4.69. The van der Waals surface area contributed by atoms with E-state index in [1.807, 2.05) is 19.1 Å².